The van der Waals surface area contributed by atoms with Gasteiger partial charge in [0, 0.05) is 48.7 Å². The van der Waals surface area contributed by atoms with Gasteiger partial charge in [-0.2, -0.15) is 0 Å². The third-order valence-corrected chi connectivity index (χ3v) is 4.09. The summed E-state index contributed by atoms with van der Waals surface area (Å²) in [5.41, 5.74) is 1.16. The maximum Gasteiger partial charge on any atom is 0.278 e. The SMILES string of the molecule is CCN(c1ccc([N+](=O)[O-])c2cnccc12)C1CCNC1. The molecular weight excluding hydrogens is 268 g/mol. The summed E-state index contributed by atoms with van der Waals surface area (Å²) in [5, 5.41) is 16.0. The zero-order valence-electron chi connectivity index (χ0n) is 12.0. The van der Waals surface area contributed by atoms with Gasteiger partial charge in [0.1, 0.15) is 0 Å². The van der Waals surface area contributed by atoms with E-state index in [9.17, 15) is 10.1 Å². The highest BCUT2D eigenvalue weighted by atomic mass is 16.6. The van der Waals surface area contributed by atoms with E-state index in [4.69, 9.17) is 0 Å². The maximum absolute atomic E-state index is 11.2. The molecule has 1 aromatic carbocycles. The second kappa shape index (κ2) is 5.65. The molecule has 1 saturated heterocycles. The summed E-state index contributed by atoms with van der Waals surface area (Å²) in [6.07, 6.45) is 4.37. The monoisotopic (exact) mass is 286 g/mol. The van der Waals surface area contributed by atoms with Gasteiger partial charge in [-0.25, -0.2) is 0 Å². The summed E-state index contributed by atoms with van der Waals surface area (Å²) in [5.74, 6) is 0. The second-order valence-electron chi connectivity index (χ2n) is 5.21. The molecular formula is C15H18N4O2. The number of fused-ring (bicyclic) bond motifs is 1. The lowest BCUT2D eigenvalue weighted by atomic mass is 10.1. The molecule has 1 atom stereocenters. The lowest BCUT2D eigenvalue weighted by molar-refractivity contribution is -0.383. The molecule has 1 aliphatic heterocycles. The number of aromatic nitrogens is 1. The molecule has 0 aliphatic carbocycles. The van der Waals surface area contributed by atoms with Crippen LogP contribution in [0.25, 0.3) is 10.8 Å². The Morgan fingerprint density at radius 2 is 2.29 bits per heavy atom. The van der Waals surface area contributed by atoms with Crippen LogP contribution in [-0.4, -0.2) is 35.6 Å². The largest absolute Gasteiger partial charge is 0.367 e. The molecule has 2 heterocycles. The topological polar surface area (TPSA) is 71.3 Å². The fraction of sp³-hybridized carbons (Fsp3) is 0.400. The highest BCUT2D eigenvalue weighted by Crippen LogP contribution is 2.34. The number of pyridine rings is 1. The normalized spacial score (nSPS) is 18.0. The van der Waals surface area contributed by atoms with Gasteiger partial charge in [0.25, 0.3) is 5.69 Å². The number of nitrogens with zero attached hydrogens (tertiary/aromatic N) is 3. The molecule has 110 valence electrons. The number of hydrogen-bond donors (Lipinski definition) is 1. The van der Waals surface area contributed by atoms with E-state index in [0.717, 1.165) is 37.1 Å². The van der Waals surface area contributed by atoms with Crippen LogP contribution in [0, 0.1) is 10.1 Å². The molecule has 0 bridgehead atoms. The molecule has 0 spiro atoms. The number of likely N-dealkylation sites (N-methyl/N-ethyl adjacent to an activating group) is 1. The summed E-state index contributed by atoms with van der Waals surface area (Å²) in [6, 6.07) is 5.75. The third kappa shape index (κ3) is 2.42. The standard InChI is InChI=1S/C15H18N4O2/c1-2-18(11-5-7-16-9-11)14-3-4-15(19(20)21)13-10-17-8-6-12(13)14/h3-4,6,8,10-11,16H,2,5,7,9H2,1H3. The Labute approximate surface area is 122 Å². The van der Waals surface area contributed by atoms with Crippen molar-refractivity contribution in [1.29, 1.82) is 0 Å². The zero-order chi connectivity index (χ0) is 14.8. The molecule has 6 nitrogen and oxygen atoms in total. The quantitative estimate of drug-likeness (QED) is 0.690. The molecule has 0 radical (unpaired) electrons. The zero-order valence-corrected chi connectivity index (χ0v) is 12.0. The molecule has 0 amide bonds. The highest BCUT2D eigenvalue weighted by Gasteiger charge is 2.24. The predicted octanol–water partition coefficient (Wildman–Crippen LogP) is 2.33. The van der Waals surface area contributed by atoms with Crippen molar-refractivity contribution in [2.75, 3.05) is 24.5 Å². The van der Waals surface area contributed by atoms with Crippen LogP contribution in [0.4, 0.5) is 11.4 Å². The van der Waals surface area contributed by atoms with Crippen molar-refractivity contribution in [1.82, 2.24) is 10.3 Å². The van der Waals surface area contributed by atoms with Crippen LogP contribution in [0.15, 0.2) is 30.6 Å². The molecule has 2 aromatic rings. The van der Waals surface area contributed by atoms with Gasteiger partial charge >= 0.3 is 0 Å². The van der Waals surface area contributed by atoms with E-state index in [1.54, 1.807) is 18.5 Å². The van der Waals surface area contributed by atoms with E-state index in [0.29, 0.717) is 11.4 Å². The lowest BCUT2D eigenvalue weighted by Crippen LogP contribution is -2.36. The van der Waals surface area contributed by atoms with Crippen molar-refractivity contribution in [2.24, 2.45) is 0 Å². The Balaban J connectivity index is 2.14. The molecule has 21 heavy (non-hydrogen) atoms. The van der Waals surface area contributed by atoms with Gasteiger partial charge in [-0.1, -0.05) is 0 Å². The number of rotatable bonds is 4. The van der Waals surface area contributed by atoms with E-state index in [1.165, 1.54) is 0 Å². The first-order valence-electron chi connectivity index (χ1n) is 7.21. The number of hydrogen-bond acceptors (Lipinski definition) is 5. The molecule has 1 fully saturated rings. The van der Waals surface area contributed by atoms with Crippen LogP contribution >= 0.6 is 0 Å². The van der Waals surface area contributed by atoms with Crippen LogP contribution < -0.4 is 10.2 Å². The van der Waals surface area contributed by atoms with Crippen molar-refractivity contribution in [3.05, 3.63) is 40.7 Å². The Hall–Kier alpha value is -2.21. The van der Waals surface area contributed by atoms with E-state index in [2.05, 4.69) is 22.1 Å². The van der Waals surface area contributed by atoms with Gasteiger partial charge in [0.15, 0.2) is 0 Å². The van der Waals surface area contributed by atoms with Crippen molar-refractivity contribution in [3.63, 3.8) is 0 Å². The van der Waals surface area contributed by atoms with Crippen LogP contribution in [0.1, 0.15) is 13.3 Å². The lowest BCUT2D eigenvalue weighted by Gasteiger charge is -2.30. The van der Waals surface area contributed by atoms with Crippen LogP contribution in [0.5, 0.6) is 0 Å². The van der Waals surface area contributed by atoms with E-state index in [-0.39, 0.29) is 10.6 Å². The van der Waals surface area contributed by atoms with Crippen LogP contribution in [-0.2, 0) is 0 Å². The molecule has 1 unspecified atom stereocenters. The Morgan fingerprint density at radius 1 is 1.43 bits per heavy atom. The predicted molar refractivity (Wildman–Crippen MR) is 82.7 cm³/mol. The summed E-state index contributed by atoms with van der Waals surface area (Å²) in [6.45, 7) is 4.97. The number of non-ortho nitro benzene ring substituents is 1. The van der Waals surface area contributed by atoms with Crippen molar-refractivity contribution in [3.8, 4) is 0 Å². The average molecular weight is 286 g/mol. The first-order valence-corrected chi connectivity index (χ1v) is 7.21. The van der Waals surface area contributed by atoms with Crippen molar-refractivity contribution < 1.29 is 4.92 Å². The minimum atomic E-state index is -0.346. The minimum Gasteiger partial charge on any atom is -0.367 e. The van der Waals surface area contributed by atoms with Gasteiger partial charge in [0.05, 0.1) is 10.3 Å². The Kier molecular flexibility index (Phi) is 3.70. The van der Waals surface area contributed by atoms with Crippen molar-refractivity contribution in [2.45, 2.75) is 19.4 Å². The van der Waals surface area contributed by atoms with E-state index < -0.39 is 0 Å². The molecule has 6 heteroatoms. The Bertz CT molecular complexity index is 668. The highest BCUT2D eigenvalue weighted by molar-refractivity contribution is 5.99. The summed E-state index contributed by atoms with van der Waals surface area (Å²) in [7, 11) is 0. The number of nitrogens with one attached hydrogen (secondary N) is 1. The van der Waals surface area contributed by atoms with Gasteiger partial charge in [-0.15, -0.1) is 0 Å². The number of benzene rings is 1. The first kappa shape index (κ1) is 13.8. The first-order chi connectivity index (χ1) is 10.2. The second-order valence-corrected chi connectivity index (χ2v) is 5.21. The van der Waals surface area contributed by atoms with Gasteiger partial charge < -0.3 is 10.2 Å². The number of nitro groups is 1. The maximum atomic E-state index is 11.2. The van der Waals surface area contributed by atoms with E-state index in [1.807, 2.05) is 12.1 Å². The van der Waals surface area contributed by atoms with Crippen LogP contribution in [0.2, 0.25) is 0 Å². The Morgan fingerprint density at radius 3 is 2.95 bits per heavy atom. The average Bonchev–Trinajstić information content (AvgIpc) is 3.02. The number of nitro benzene ring substituents is 1. The molecule has 1 aromatic heterocycles. The summed E-state index contributed by atoms with van der Waals surface area (Å²) < 4.78 is 0. The smallest absolute Gasteiger partial charge is 0.278 e. The summed E-state index contributed by atoms with van der Waals surface area (Å²) in [4.78, 5) is 17.2. The van der Waals surface area contributed by atoms with Gasteiger partial charge in [0.2, 0.25) is 0 Å². The molecule has 3 rings (SSSR count). The molecule has 0 saturated carbocycles. The van der Waals surface area contributed by atoms with E-state index >= 15 is 0 Å². The van der Waals surface area contributed by atoms with Crippen molar-refractivity contribution >= 4 is 22.1 Å². The molecule has 1 aliphatic rings. The van der Waals surface area contributed by atoms with Gasteiger partial charge in [-0.05, 0) is 32.0 Å². The fourth-order valence-corrected chi connectivity index (χ4v) is 3.10. The van der Waals surface area contributed by atoms with Crippen LogP contribution in [0.3, 0.4) is 0 Å². The number of anilines is 1. The summed E-state index contributed by atoms with van der Waals surface area (Å²) >= 11 is 0. The fourth-order valence-electron chi connectivity index (χ4n) is 3.10. The minimum absolute atomic E-state index is 0.113. The van der Waals surface area contributed by atoms with Gasteiger partial charge in [-0.3, -0.25) is 15.1 Å². The molecule has 1 N–H and O–H groups in total. The third-order valence-electron chi connectivity index (χ3n) is 4.09.